The molecule has 1 amide bonds. The van der Waals surface area contributed by atoms with E-state index in [9.17, 15) is 9.18 Å². The molecule has 1 aliphatic rings. The van der Waals surface area contributed by atoms with Crippen LogP contribution in [0.25, 0.3) is 0 Å². The number of nitrogens with one attached hydrogen (secondary N) is 1. The summed E-state index contributed by atoms with van der Waals surface area (Å²) in [6, 6.07) is 11.2. The second-order valence-electron chi connectivity index (χ2n) is 5.64. The smallest absolute Gasteiger partial charge is 0.274 e. The first-order valence-electron chi connectivity index (χ1n) is 7.59. The number of carbonyl (C=O) groups excluding carboxylic acids is 1. The first kappa shape index (κ1) is 15.4. The van der Waals surface area contributed by atoms with Crippen LogP contribution >= 0.6 is 0 Å². The number of hydrogen-bond donors (Lipinski definition) is 1. The highest BCUT2D eigenvalue weighted by Gasteiger charge is 2.17. The average molecular weight is 314 g/mol. The minimum absolute atomic E-state index is 0.325. The van der Waals surface area contributed by atoms with Crippen LogP contribution in [0, 0.1) is 5.82 Å². The van der Waals surface area contributed by atoms with E-state index in [0.717, 1.165) is 32.0 Å². The fourth-order valence-electron chi connectivity index (χ4n) is 2.52. The molecule has 5 nitrogen and oxygen atoms in total. The number of aromatic nitrogens is 1. The molecular formula is C17H19FN4O. The van der Waals surface area contributed by atoms with Crippen LogP contribution in [0.1, 0.15) is 10.5 Å². The molecule has 0 atom stereocenters. The van der Waals surface area contributed by atoms with Crippen molar-refractivity contribution in [2.45, 2.75) is 0 Å². The number of anilines is 2. The second-order valence-corrected chi connectivity index (χ2v) is 5.64. The molecule has 1 saturated heterocycles. The van der Waals surface area contributed by atoms with Gasteiger partial charge in [0.25, 0.3) is 5.91 Å². The quantitative estimate of drug-likeness (QED) is 0.944. The number of carbonyl (C=O) groups is 1. The maximum atomic E-state index is 13.2. The number of halogens is 1. The Kier molecular flexibility index (Phi) is 4.52. The molecule has 120 valence electrons. The highest BCUT2D eigenvalue weighted by molar-refractivity contribution is 6.03. The summed E-state index contributed by atoms with van der Waals surface area (Å²) in [6.07, 6.45) is 0. The Hall–Kier alpha value is -2.47. The van der Waals surface area contributed by atoms with Gasteiger partial charge in [-0.3, -0.25) is 4.79 Å². The van der Waals surface area contributed by atoms with Gasteiger partial charge in [0.15, 0.2) is 0 Å². The predicted octanol–water partition coefficient (Wildman–Crippen LogP) is 2.22. The SMILES string of the molecule is CN1CCN(c2cccc(C(=O)Nc3cccc(F)c3)n2)CC1. The molecule has 0 bridgehead atoms. The molecule has 1 aromatic carbocycles. The molecule has 0 saturated carbocycles. The number of piperazine rings is 1. The molecule has 0 aliphatic carbocycles. The number of rotatable bonds is 3. The minimum Gasteiger partial charge on any atom is -0.354 e. The van der Waals surface area contributed by atoms with E-state index in [1.165, 1.54) is 12.1 Å². The number of likely N-dealkylation sites (N-methyl/N-ethyl adjacent to an activating group) is 1. The van der Waals surface area contributed by atoms with Crippen LogP contribution < -0.4 is 10.2 Å². The summed E-state index contributed by atoms with van der Waals surface area (Å²) < 4.78 is 13.2. The lowest BCUT2D eigenvalue weighted by molar-refractivity contribution is 0.102. The topological polar surface area (TPSA) is 48.5 Å². The lowest BCUT2D eigenvalue weighted by Crippen LogP contribution is -2.44. The molecule has 6 heteroatoms. The third-order valence-electron chi connectivity index (χ3n) is 3.88. The predicted molar refractivity (Wildman–Crippen MR) is 88.3 cm³/mol. The summed E-state index contributed by atoms with van der Waals surface area (Å²) in [5, 5.41) is 2.67. The summed E-state index contributed by atoms with van der Waals surface area (Å²) in [6.45, 7) is 3.72. The largest absolute Gasteiger partial charge is 0.354 e. The Labute approximate surface area is 134 Å². The molecule has 23 heavy (non-hydrogen) atoms. The number of amides is 1. The zero-order chi connectivity index (χ0) is 16.2. The van der Waals surface area contributed by atoms with Crippen LogP contribution in [0.5, 0.6) is 0 Å². The van der Waals surface area contributed by atoms with Crippen molar-refractivity contribution in [1.82, 2.24) is 9.88 Å². The normalized spacial score (nSPS) is 15.5. The van der Waals surface area contributed by atoms with Crippen molar-refractivity contribution in [1.29, 1.82) is 0 Å². The van der Waals surface area contributed by atoms with Crippen LogP contribution in [0.3, 0.4) is 0 Å². The van der Waals surface area contributed by atoms with Gasteiger partial charge in [0.05, 0.1) is 0 Å². The zero-order valence-electron chi connectivity index (χ0n) is 13.0. The van der Waals surface area contributed by atoms with Crippen LogP contribution in [0.2, 0.25) is 0 Å². The second kappa shape index (κ2) is 6.75. The number of benzene rings is 1. The molecular weight excluding hydrogens is 295 g/mol. The van der Waals surface area contributed by atoms with Gasteiger partial charge in [0.1, 0.15) is 17.3 Å². The summed E-state index contributed by atoms with van der Waals surface area (Å²) in [5.41, 5.74) is 0.743. The van der Waals surface area contributed by atoms with E-state index in [4.69, 9.17) is 0 Å². The van der Waals surface area contributed by atoms with Gasteiger partial charge in [-0.05, 0) is 37.4 Å². The maximum absolute atomic E-state index is 13.2. The van der Waals surface area contributed by atoms with Gasteiger partial charge in [0.2, 0.25) is 0 Å². The Morgan fingerprint density at radius 1 is 1.13 bits per heavy atom. The molecule has 1 aliphatic heterocycles. The summed E-state index contributed by atoms with van der Waals surface area (Å²) in [7, 11) is 2.09. The van der Waals surface area contributed by atoms with Gasteiger partial charge in [-0.1, -0.05) is 12.1 Å². The van der Waals surface area contributed by atoms with E-state index < -0.39 is 0 Å². The Bertz CT molecular complexity index is 698. The fraction of sp³-hybridized carbons (Fsp3) is 0.294. The fourth-order valence-corrected chi connectivity index (χ4v) is 2.52. The lowest BCUT2D eigenvalue weighted by Gasteiger charge is -2.33. The van der Waals surface area contributed by atoms with Crippen molar-refractivity contribution in [2.24, 2.45) is 0 Å². The van der Waals surface area contributed by atoms with Gasteiger partial charge in [0, 0.05) is 31.9 Å². The average Bonchev–Trinajstić information content (AvgIpc) is 2.56. The van der Waals surface area contributed by atoms with Crippen molar-refractivity contribution in [3.8, 4) is 0 Å². The van der Waals surface area contributed by atoms with Crippen molar-refractivity contribution in [3.63, 3.8) is 0 Å². The Morgan fingerprint density at radius 3 is 2.61 bits per heavy atom. The highest BCUT2D eigenvalue weighted by atomic mass is 19.1. The maximum Gasteiger partial charge on any atom is 0.274 e. The van der Waals surface area contributed by atoms with Gasteiger partial charge >= 0.3 is 0 Å². The van der Waals surface area contributed by atoms with Crippen LogP contribution in [-0.2, 0) is 0 Å². The van der Waals surface area contributed by atoms with Crippen LogP contribution in [-0.4, -0.2) is 49.0 Å². The molecule has 0 radical (unpaired) electrons. The number of hydrogen-bond acceptors (Lipinski definition) is 4. The third kappa shape index (κ3) is 3.84. The van der Waals surface area contributed by atoms with Gasteiger partial charge < -0.3 is 15.1 Å². The van der Waals surface area contributed by atoms with Crippen LogP contribution in [0.15, 0.2) is 42.5 Å². The summed E-state index contributed by atoms with van der Waals surface area (Å²) in [5.74, 6) is 0.0681. The van der Waals surface area contributed by atoms with E-state index in [-0.39, 0.29) is 11.7 Å². The summed E-state index contributed by atoms with van der Waals surface area (Å²) in [4.78, 5) is 21.2. The van der Waals surface area contributed by atoms with E-state index >= 15 is 0 Å². The van der Waals surface area contributed by atoms with Crippen molar-refractivity contribution >= 4 is 17.4 Å². The molecule has 1 aromatic heterocycles. The van der Waals surface area contributed by atoms with Gasteiger partial charge in [-0.25, -0.2) is 9.37 Å². The first-order chi connectivity index (χ1) is 11.1. The number of pyridine rings is 1. The van der Waals surface area contributed by atoms with Crippen molar-refractivity contribution < 1.29 is 9.18 Å². The summed E-state index contributed by atoms with van der Waals surface area (Å²) >= 11 is 0. The van der Waals surface area contributed by atoms with E-state index in [0.29, 0.717) is 11.4 Å². The van der Waals surface area contributed by atoms with E-state index in [1.807, 2.05) is 12.1 Å². The molecule has 0 unspecified atom stereocenters. The molecule has 0 spiro atoms. The van der Waals surface area contributed by atoms with Gasteiger partial charge in [-0.15, -0.1) is 0 Å². The molecule has 1 fully saturated rings. The number of nitrogens with zero attached hydrogens (tertiary/aromatic N) is 3. The molecule has 3 rings (SSSR count). The monoisotopic (exact) mass is 314 g/mol. The van der Waals surface area contributed by atoms with Crippen molar-refractivity contribution in [2.75, 3.05) is 43.4 Å². The Morgan fingerprint density at radius 2 is 1.87 bits per heavy atom. The Balaban J connectivity index is 1.72. The van der Waals surface area contributed by atoms with E-state index in [2.05, 4.69) is 27.1 Å². The third-order valence-corrected chi connectivity index (χ3v) is 3.88. The standard InChI is InChI=1S/C17H19FN4O/c1-21-8-10-22(11-9-21)16-7-3-6-15(20-16)17(23)19-14-5-2-4-13(18)12-14/h2-7,12H,8-11H2,1H3,(H,19,23). The van der Waals surface area contributed by atoms with Gasteiger partial charge in [-0.2, -0.15) is 0 Å². The van der Waals surface area contributed by atoms with Crippen molar-refractivity contribution in [3.05, 3.63) is 54.0 Å². The first-order valence-corrected chi connectivity index (χ1v) is 7.59. The highest BCUT2D eigenvalue weighted by Crippen LogP contribution is 2.15. The minimum atomic E-state index is -0.387. The zero-order valence-corrected chi connectivity index (χ0v) is 13.0. The lowest BCUT2D eigenvalue weighted by atomic mass is 10.2. The molecule has 1 N–H and O–H groups in total. The van der Waals surface area contributed by atoms with Crippen LogP contribution in [0.4, 0.5) is 15.9 Å². The molecule has 2 aromatic rings. The molecule has 2 heterocycles. The van der Waals surface area contributed by atoms with E-state index in [1.54, 1.807) is 18.2 Å².